The lowest BCUT2D eigenvalue weighted by Crippen LogP contribution is -2.55. The van der Waals surface area contributed by atoms with Crippen LogP contribution in [0.5, 0.6) is 0 Å². The highest BCUT2D eigenvalue weighted by Crippen LogP contribution is 2.38. The average molecular weight is 385 g/mol. The minimum atomic E-state index is -1.95. The zero-order chi connectivity index (χ0) is 20.1. The molecule has 1 aliphatic heterocycles. The van der Waals surface area contributed by atoms with E-state index >= 15 is 0 Å². The van der Waals surface area contributed by atoms with Crippen LogP contribution in [0, 0.1) is 0 Å². The summed E-state index contributed by atoms with van der Waals surface area (Å²) in [4.78, 5) is 12.6. The second kappa shape index (κ2) is 9.16. The third-order valence-electron chi connectivity index (χ3n) is 5.54. The standard InChI is InChI=1S/C24H36O2Si/c1-7-8-10-15-23(27(5,6)22-13-11-9-12-14-22)24(4)18-20(25)17-21(26-24)16-19(2)3/h9,11-16,21H,7-8,10,17-18H2,1-6H3/b23-15-/t21-,24+/m0/s1. The van der Waals surface area contributed by atoms with Gasteiger partial charge in [-0.25, -0.2) is 0 Å². The van der Waals surface area contributed by atoms with Gasteiger partial charge in [-0.05, 0) is 32.4 Å². The number of allylic oxidation sites excluding steroid dienone is 2. The monoisotopic (exact) mass is 384 g/mol. The molecular formula is C24H36O2Si. The van der Waals surface area contributed by atoms with Gasteiger partial charge in [0.05, 0.1) is 11.7 Å². The normalized spacial score (nSPS) is 24.0. The number of hydrogen-bond donors (Lipinski definition) is 0. The molecule has 148 valence electrons. The highest BCUT2D eigenvalue weighted by Gasteiger charge is 2.45. The summed E-state index contributed by atoms with van der Waals surface area (Å²) in [5.74, 6) is 0.311. The summed E-state index contributed by atoms with van der Waals surface area (Å²) < 4.78 is 6.63. The zero-order valence-corrected chi connectivity index (χ0v) is 19.0. The number of carbonyl (C=O) groups is 1. The van der Waals surface area contributed by atoms with Crippen molar-refractivity contribution in [3.8, 4) is 0 Å². The minimum absolute atomic E-state index is 0.114. The maximum absolute atomic E-state index is 12.6. The number of unbranched alkanes of at least 4 members (excludes halogenated alkanes) is 2. The molecule has 1 aliphatic rings. The van der Waals surface area contributed by atoms with Crippen LogP contribution in [0.25, 0.3) is 0 Å². The third-order valence-corrected chi connectivity index (χ3v) is 9.40. The lowest BCUT2D eigenvalue weighted by atomic mass is 9.90. The molecule has 2 atom stereocenters. The summed E-state index contributed by atoms with van der Waals surface area (Å²) in [6, 6.07) is 10.8. The Kier molecular flexibility index (Phi) is 7.41. The van der Waals surface area contributed by atoms with Crippen molar-refractivity contribution in [3.63, 3.8) is 0 Å². The molecule has 0 unspecified atom stereocenters. The van der Waals surface area contributed by atoms with E-state index < -0.39 is 13.7 Å². The Morgan fingerprint density at radius 2 is 1.93 bits per heavy atom. The van der Waals surface area contributed by atoms with Gasteiger partial charge in [0.15, 0.2) is 0 Å². The summed E-state index contributed by atoms with van der Waals surface area (Å²) in [7, 11) is -1.95. The van der Waals surface area contributed by atoms with Crippen molar-refractivity contribution in [2.24, 2.45) is 0 Å². The van der Waals surface area contributed by atoms with E-state index in [0.717, 1.165) is 6.42 Å². The molecule has 2 rings (SSSR count). The molecule has 0 aromatic heterocycles. The van der Waals surface area contributed by atoms with Crippen LogP contribution in [0.2, 0.25) is 13.1 Å². The molecule has 0 bridgehead atoms. The van der Waals surface area contributed by atoms with Crippen LogP contribution in [0.4, 0.5) is 0 Å². The Morgan fingerprint density at radius 3 is 2.52 bits per heavy atom. The summed E-state index contributed by atoms with van der Waals surface area (Å²) in [6.45, 7) is 13.3. The van der Waals surface area contributed by atoms with Gasteiger partial charge in [-0.15, -0.1) is 0 Å². The van der Waals surface area contributed by atoms with E-state index in [1.165, 1.54) is 28.8 Å². The predicted octanol–water partition coefficient (Wildman–Crippen LogP) is 5.73. The largest absolute Gasteiger partial charge is 0.363 e. The van der Waals surface area contributed by atoms with Crippen molar-refractivity contribution in [1.29, 1.82) is 0 Å². The summed E-state index contributed by atoms with van der Waals surface area (Å²) >= 11 is 0. The molecule has 0 spiro atoms. The van der Waals surface area contributed by atoms with Crippen molar-refractivity contribution in [3.05, 3.63) is 53.3 Å². The van der Waals surface area contributed by atoms with E-state index in [1.807, 2.05) is 0 Å². The Hall–Kier alpha value is -1.45. The third kappa shape index (κ3) is 5.52. The van der Waals surface area contributed by atoms with Crippen molar-refractivity contribution in [2.45, 2.75) is 84.6 Å². The van der Waals surface area contributed by atoms with Crippen molar-refractivity contribution in [2.75, 3.05) is 0 Å². The van der Waals surface area contributed by atoms with Gasteiger partial charge in [0, 0.05) is 12.8 Å². The lowest BCUT2D eigenvalue weighted by molar-refractivity contribution is -0.139. The van der Waals surface area contributed by atoms with Gasteiger partial charge in [0.2, 0.25) is 0 Å². The van der Waals surface area contributed by atoms with E-state index in [0.29, 0.717) is 18.6 Å². The number of rotatable bonds is 7. The first-order valence-corrected chi connectivity index (χ1v) is 13.3. The minimum Gasteiger partial charge on any atom is -0.363 e. The van der Waals surface area contributed by atoms with Crippen molar-refractivity contribution >= 4 is 19.0 Å². The SMILES string of the molecule is CCCC/C=C(/[C@@]1(C)CC(=O)C[C@H](C=C(C)C)O1)[Si](C)(C)c1ccccc1. The highest BCUT2D eigenvalue weighted by atomic mass is 28.3. The maximum atomic E-state index is 12.6. The van der Waals surface area contributed by atoms with Gasteiger partial charge < -0.3 is 4.74 Å². The van der Waals surface area contributed by atoms with E-state index in [9.17, 15) is 4.79 Å². The molecule has 3 heteroatoms. The van der Waals surface area contributed by atoms with Crippen LogP contribution in [0.15, 0.2) is 53.3 Å². The first kappa shape index (κ1) is 21.8. The summed E-state index contributed by atoms with van der Waals surface area (Å²) in [5.41, 5.74) is 0.693. The quantitative estimate of drug-likeness (QED) is 0.341. The fourth-order valence-electron chi connectivity index (χ4n) is 4.31. The topological polar surface area (TPSA) is 26.3 Å². The molecule has 2 nitrogen and oxygen atoms in total. The molecule has 1 aromatic rings. The lowest BCUT2D eigenvalue weighted by Gasteiger charge is -2.44. The highest BCUT2D eigenvalue weighted by molar-refractivity contribution is 6.96. The predicted molar refractivity (Wildman–Crippen MR) is 118 cm³/mol. The Balaban J connectivity index is 2.47. The van der Waals surface area contributed by atoms with E-state index in [-0.39, 0.29) is 6.10 Å². The van der Waals surface area contributed by atoms with Crippen LogP contribution in [0.3, 0.4) is 0 Å². The van der Waals surface area contributed by atoms with E-state index in [1.54, 1.807) is 0 Å². The van der Waals surface area contributed by atoms with Gasteiger partial charge >= 0.3 is 0 Å². The fourth-order valence-corrected chi connectivity index (χ4v) is 7.77. The van der Waals surface area contributed by atoms with Crippen LogP contribution < -0.4 is 5.19 Å². The Labute approximate surface area is 166 Å². The molecule has 0 saturated carbocycles. The number of Topliss-reactive ketones (excluding diaryl/α,β-unsaturated/α-hetero) is 1. The zero-order valence-electron chi connectivity index (χ0n) is 18.0. The van der Waals surface area contributed by atoms with Gasteiger partial charge in [0.25, 0.3) is 0 Å². The second-order valence-electron chi connectivity index (χ2n) is 8.80. The smallest absolute Gasteiger partial charge is 0.139 e. The van der Waals surface area contributed by atoms with E-state index in [2.05, 4.69) is 83.3 Å². The van der Waals surface area contributed by atoms with Crippen molar-refractivity contribution in [1.82, 2.24) is 0 Å². The molecule has 0 aliphatic carbocycles. The number of hydrogen-bond acceptors (Lipinski definition) is 2. The van der Waals surface area contributed by atoms with E-state index in [4.69, 9.17) is 4.74 Å². The summed E-state index contributed by atoms with van der Waals surface area (Å²) in [5, 5.41) is 2.77. The Morgan fingerprint density at radius 1 is 1.26 bits per heavy atom. The molecular weight excluding hydrogens is 348 g/mol. The van der Waals surface area contributed by atoms with Crippen LogP contribution in [-0.4, -0.2) is 25.6 Å². The van der Waals surface area contributed by atoms with Crippen molar-refractivity contribution < 1.29 is 9.53 Å². The first-order valence-electron chi connectivity index (χ1n) is 10.3. The molecule has 0 amide bonds. The molecule has 0 radical (unpaired) electrons. The van der Waals surface area contributed by atoms with Crippen LogP contribution in [-0.2, 0) is 9.53 Å². The molecule has 0 N–H and O–H groups in total. The van der Waals surface area contributed by atoms with Crippen LogP contribution in [0.1, 0.15) is 59.8 Å². The number of benzene rings is 1. The van der Waals surface area contributed by atoms with Crippen LogP contribution >= 0.6 is 0 Å². The van der Waals surface area contributed by atoms with Gasteiger partial charge in [-0.1, -0.05) is 86.1 Å². The average Bonchev–Trinajstić information content (AvgIpc) is 2.57. The second-order valence-corrected chi connectivity index (χ2v) is 13.2. The van der Waals surface area contributed by atoms with Gasteiger partial charge in [-0.2, -0.15) is 0 Å². The fraction of sp³-hybridized carbons (Fsp3) is 0.542. The van der Waals surface area contributed by atoms with Gasteiger partial charge in [0.1, 0.15) is 13.9 Å². The first-order chi connectivity index (χ1) is 12.7. The molecule has 27 heavy (non-hydrogen) atoms. The molecule has 1 aromatic carbocycles. The Bertz CT molecular complexity index is 698. The summed E-state index contributed by atoms with van der Waals surface area (Å²) in [6.07, 6.45) is 8.78. The molecule has 1 heterocycles. The number of ether oxygens (including phenoxy) is 1. The number of ketones is 1. The van der Waals surface area contributed by atoms with Gasteiger partial charge in [-0.3, -0.25) is 4.79 Å². The molecule has 1 saturated heterocycles. The number of carbonyl (C=O) groups excluding carboxylic acids is 1. The molecule has 1 fully saturated rings. The maximum Gasteiger partial charge on any atom is 0.139 e.